The number of thiocarbonyl (C=S) groups is 1. The van der Waals surface area contributed by atoms with E-state index in [0.717, 1.165) is 31.6 Å². The number of nitrogens with one attached hydrogen (secondary N) is 2. The predicted molar refractivity (Wildman–Crippen MR) is 158 cm³/mol. The first kappa shape index (κ1) is 28.7. The van der Waals surface area contributed by atoms with E-state index in [1.54, 1.807) is 35.2 Å². The summed E-state index contributed by atoms with van der Waals surface area (Å²) in [6.45, 7) is 5.60. The van der Waals surface area contributed by atoms with Gasteiger partial charge in [0, 0.05) is 19.0 Å². The molecule has 0 spiro atoms. The molecule has 2 aromatic carbocycles. The van der Waals surface area contributed by atoms with Crippen LogP contribution in [0.1, 0.15) is 38.2 Å². The number of benzene rings is 2. The van der Waals surface area contributed by atoms with E-state index in [9.17, 15) is 14.4 Å². The van der Waals surface area contributed by atoms with Gasteiger partial charge in [0.25, 0.3) is 5.91 Å². The number of carbonyl (C=O) groups excluding carboxylic acids is 3. The van der Waals surface area contributed by atoms with Gasteiger partial charge in [-0.15, -0.1) is 0 Å². The number of likely N-dealkylation sites (tertiary alicyclic amines) is 1. The Morgan fingerprint density at radius 2 is 1.88 bits per heavy atom. The van der Waals surface area contributed by atoms with Crippen molar-refractivity contribution in [3.05, 3.63) is 59.5 Å². The van der Waals surface area contributed by atoms with Crippen LogP contribution < -0.4 is 15.5 Å². The van der Waals surface area contributed by atoms with Crippen molar-refractivity contribution in [3.63, 3.8) is 0 Å². The summed E-state index contributed by atoms with van der Waals surface area (Å²) < 4.78 is 20.4. The highest BCUT2D eigenvalue weighted by Gasteiger charge is 2.33. The fourth-order valence-corrected chi connectivity index (χ4v) is 5.62. The SMILES string of the molecule is CC(=O)NC[C@H]1CN(c2ccc(-c3ccc(/C=C4\NC(=S)N(CCCN5CCCCC5)C4=O)cc3)c(F)c2)C(=O)O1. The zero-order valence-electron chi connectivity index (χ0n) is 23.0. The summed E-state index contributed by atoms with van der Waals surface area (Å²) in [7, 11) is 0. The maximum Gasteiger partial charge on any atom is 0.414 e. The van der Waals surface area contributed by atoms with Crippen molar-refractivity contribution < 1.29 is 23.5 Å². The van der Waals surface area contributed by atoms with Crippen LogP contribution in [-0.4, -0.2) is 78.2 Å². The molecule has 3 aliphatic rings. The van der Waals surface area contributed by atoms with E-state index in [0.29, 0.717) is 34.2 Å². The highest BCUT2D eigenvalue weighted by Crippen LogP contribution is 2.29. The number of piperidine rings is 1. The van der Waals surface area contributed by atoms with Crippen LogP contribution in [0.2, 0.25) is 0 Å². The van der Waals surface area contributed by atoms with Gasteiger partial charge >= 0.3 is 6.09 Å². The van der Waals surface area contributed by atoms with Crippen LogP contribution in [0.5, 0.6) is 0 Å². The van der Waals surface area contributed by atoms with E-state index >= 15 is 4.39 Å². The van der Waals surface area contributed by atoms with Gasteiger partial charge in [0.1, 0.15) is 17.6 Å². The average molecular weight is 580 g/mol. The molecule has 9 nitrogen and oxygen atoms in total. The fraction of sp³-hybridized carbons (Fsp3) is 0.400. The van der Waals surface area contributed by atoms with Gasteiger partial charge in [-0.2, -0.15) is 0 Å². The third-order valence-electron chi connectivity index (χ3n) is 7.52. The molecule has 5 rings (SSSR count). The molecular weight excluding hydrogens is 545 g/mol. The molecule has 2 aromatic rings. The normalized spacial score (nSPS) is 20.5. The van der Waals surface area contributed by atoms with Gasteiger partial charge < -0.3 is 20.3 Å². The van der Waals surface area contributed by atoms with E-state index in [2.05, 4.69) is 15.5 Å². The van der Waals surface area contributed by atoms with E-state index in [4.69, 9.17) is 17.0 Å². The Hall–Kier alpha value is -3.83. The van der Waals surface area contributed by atoms with Crippen molar-refractivity contribution in [2.75, 3.05) is 44.2 Å². The highest BCUT2D eigenvalue weighted by atomic mass is 32.1. The Morgan fingerprint density at radius 1 is 1.12 bits per heavy atom. The largest absolute Gasteiger partial charge is 0.442 e. The molecule has 3 saturated heterocycles. The number of anilines is 1. The average Bonchev–Trinajstić information content (AvgIpc) is 3.46. The molecule has 216 valence electrons. The van der Waals surface area contributed by atoms with Crippen LogP contribution in [0.4, 0.5) is 14.9 Å². The molecule has 11 heteroatoms. The molecule has 3 aliphatic heterocycles. The summed E-state index contributed by atoms with van der Waals surface area (Å²) in [5.41, 5.74) is 2.62. The van der Waals surface area contributed by atoms with Crippen molar-refractivity contribution in [2.24, 2.45) is 0 Å². The molecule has 41 heavy (non-hydrogen) atoms. The molecule has 3 amide bonds. The number of rotatable bonds is 9. The first-order valence-electron chi connectivity index (χ1n) is 14.0. The predicted octanol–water partition coefficient (Wildman–Crippen LogP) is 3.89. The number of nitrogens with zero attached hydrogens (tertiary/aromatic N) is 3. The molecule has 0 radical (unpaired) electrons. The molecule has 3 heterocycles. The molecule has 2 N–H and O–H groups in total. The molecule has 3 fully saturated rings. The lowest BCUT2D eigenvalue weighted by Crippen LogP contribution is -2.35. The van der Waals surface area contributed by atoms with Crippen LogP contribution in [-0.2, 0) is 14.3 Å². The summed E-state index contributed by atoms with van der Waals surface area (Å²) >= 11 is 5.42. The molecular formula is C30H34FN5O4S. The van der Waals surface area contributed by atoms with Gasteiger partial charge in [0.05, 0.1) is 18.8 Å². The second-order valence-electron chi connectivity index (χ2n) is 10.5. The molecule has 0 bridgehead atoms. The number of carbonyl (C=O) groups is 3. The summed E-state index contributed by atoms with van der Waals surface area (Å²) in [6, 6.07) is 11.8. The zero-order valence-corrected chi connectivity index (χ0v) is 23.8. The number of hydrogen-bond acceptors (Lipinski definition) is 6. The molecule has 1 atom stereocenters. The van der Waals surface area contributed by atoms with Crippen molar-refractivity contribution in [1.82, 2.24) is 20.4 Å². The standard InChI is InChI=1S/C30H34FN5O4S/c1-20(37)32-18-24-19-36(30(39)40-24)23-10-11-25(26(31)17-23)22-8-6-21(7-9-22)16-27-28(38)35(29(41)33-27)15-5-14-34-12-3-2-4-13-34/h6-11,16-17,24H,2-5,12-15,18-19H2,1H3,(H,32,37)(H,33,41)/b27-16-/t24-/m0/s1. The summed E-state index contributed by atoms with van der Waals surface area (Å²) in [6.07, 6.45) is 5.31. The van der Waals surface area contributed by atoms with Gasteiger partial charge in [-0.25, -0.2) is 9.18 Å². The zero-order chi connectivity index (χ0) is 28.9. The van der Waals surface area contributed by atoms with E-state index in [1.807, 2.05) is 12.1 Å². The topological polar surface area (TPSA) is 94.2 Å². The summed E-state index contributed by atoms with van der Waals surface area (Å²) in [5.74, 6) is -0.837. The van der Waals surface area contributed by atoms with Crippen molar-refractivity contribution in [2.45, 2.75) is 38.7 Å². The first-order chi connectivity index (χ1) is 19.8. The lowest BCUT2D eigenvalue weighted by atomic mass is 10.0. The van der Waals surface area contributed by atoms with E-state index in [1.165, 1.54) is 37.2 Å². The van der Waals surface area contributed by atoms with E-state index in [-0.39, 0.29) is 24.9 Å². The quantitative estimate of drug-likeness (QED) is 0.344. The third-order valence-corrected chi connectivity index (χ3v) is 7.84. The number of hydrogen-bond donors (Lipinski definition) is 2. The van der Waals surface area contributed by atoms with Gasteiger partial charge in [-0.05, 0) is 86.5 Å². The number of ether oxygens (including phenoxy) is 1. The van der Waals surface area contributed by atoms with Gasteiger partial charge in [-0.1, -0.05) is 30.7 Å². The Balaban J connectivity index is 1.20. The third kappa shape index (κ3) is 6.91. The minimum atomic E-state index is -0.583. The van der Waals surface area contributed by atoms with Crippen LogP contribution in [0, 0.1) is 5.82 Å². The lowest BCUT2D eigenvalue weighted by Gasteiger charge is -2.27. The van der Waals surface area contributed by atoms with Crippen LogP contribution >= 0.6 is 12.2 Å². The van der Waals surface area contributed by atoms with Crippen molar-refractivity contribution >= 4 is 47.0 Å². The highest BCUT2D eigenvalue weighted by molar-refractivity contribution is 7.80. The Bertz CT molecular complexity index is 1360. The smallest absolute Gasteiger partial charge is 0.414 e. The fourth-order valence-electron chi connectivity index (χ4n) is 5.34. The molecule has 0 aromatic heterocycles. The number of halogens is 1. The molecule has 0 aliphatic carbocycles. The minimum absolute atomic E-state index is 0.140. The Morgan fingerprint density at radius 3 is 2.59 bits per heavy atom. The molecule has 0 unspecified atom stereocenters. The maximum atomic E-state index is 15.1. The van der Waals surface area contributed by atoms with Gasteiger partial charge in [-0.3, -0.25) is 19.4 Å². The second kappa shape index (κ2) is 12.8. The van der Waals surface area contributed by atoms with Crippen molar-refractivity contribution in [3.8, 4) is 11.1 Å². The van der Waals surface area contributed by atoms with Gasteiger partial charge in [0.2, 0.25) is 5.91 Å². The van der Waals surface area contributed by atoms with Crippen LogP contribution in [0.15, 0.2) is 48.2 Å². The van der Waals surface area contributed by atoms with Crippen LogP contribution in [0.25, 0.3) is 17.2 Å². The van der Waals surface area contributed by atoms with Gasteiger partial charge in [0.15, 0.2) is 5.11 Å². The summed E-state index contributed by atoms with van der Waals surface area (Å²) in [5, 5.41) is 6.07. The minimum Gasteiger partial charge on any atom is -0.442 e. The Kier molecular flexibility index (Phi) is 8.94. The monoisotopic (exact) mass is 579 g/mol. The number of amides is 3. The first-order valence-corrected chi connectivity index (χ1v) is 14.4. The lowest BCUT2D eigenvalue weighted by molar-refractivity contribution is -0.122. The Labute approximate surface area is 244 Å². The second-order valence-corrected chi connectivity index (χ2v) is 10.9. The maximum absolute atomic E-state index is 15.1. The summed E-state index contributed by atoms with van der Waals surface area (Å²) in [4.78, 5) is 41.8. The van der Waals surface area contributed by atoms with E-state index < -0.39 is 18.0 Å². The van der Waals surface area contributed by atoms with Crippen molar-refractivity contribution in [1.29, 1.82) is 0 Å². The molecule has 0 saturated carbocycles. The number of cyclic esters (lactones) is 1. The van der Waals surface area contributed by atoms with Crippen LogP contribution in [0.3, 0.4) is 0 Å².